The molecule has 0 unspecified atom stereocenters. The molecular weight excluding hydrogens is 314 g/mol. The van der Waals surface area contributed by atoms with Gasteiger partial charge in [0.15, 0.2) is 0 Å². The average molecular weight is 342 g/mol. The number of anilines is 1. The van der Waals surface area contributed by atoms with Gasteiger partial charge in [0.1, 0.15) is 0 Å². The van der Waals surface area contributed by atoms with E-state index in [1.54, 1.807) is 11.8 Å². The zero-order chi connectivity index (χ0) is 17.9. The van der Waals surface area contributed by atoms with Crippen molar-refractivity contribution in [3.8, 4) is 0 Å². The number of rotatable bonds is 4. The van der Waals surface area contributed by atoms with E-state index in [9.17, 15) is 4.79 Å². The fourth-order valence-electron chi connectivity index (χ4n) is 2.75. The molecular formula is C21H27NOS. The first-order valence-corrected chi connectivity index (χ1v) is 9.26. The van der Waals surface area contributed by atoms with Crippen LogP contribution in [0.2, 0.25) is 0 Å². The van der Waals surface area contributed by atoms with Crippen LogP contribution in [0.4, 0.5) is 5.69 Å². The van der Waals surface area contributed by atoms with Crippen LogP contribution in [0.1, 0.15) is 43.0 Å². The van der Waals surface area contributed by atoms with Crippen molar-refractivity contribution in [1.29, 1.82) is 0 Å². The SMILES string of the molecule is Cc1cc(C)c(NC(=O)CSc2ccc(C(C)(C)C)cc2)c(C)c1. The zero-order valence-corrected chi connectivity index (χ0v) is 16.3. The number of thioether (sulfide) groups is 1. The summed E-state index contributed by atoms with van der Waals surface area (Å²) in [5.41, 5.74) is 5.84. The molecule has 1 amide bonds. The van der Waals surface area contributed by atoms with Crippen molar-refractivity contribution in [3.05, 3.63) is 58.7 Å². The standard InChI is InChI=1S/C21H27NOS/c1-14-11-15(2)20(16(3)12-14)22-19(23)13-24-18-9-7-17(8-10-18)21(4,5)6/h7-12H,13H2,1-6H3,(H,22,23). The number of carbonyl (C=O) groups is 1. The molecule has 0 heterocycles. The Kier molecular flexibility index (Phi) is 5.76. The van der Waals surface area contributed by atoms with Crippen molar-refractivity contribution < 1.29 is 4.79 Å². The van der Waals surface area contributed by atoms with Gasteiger partial charge in [0.2, 0.25) is 5.91 Å². The highest BCUT2D eigenvalue weighted by atomic mass is 32.2. The van der Waals surface area contributed by atoms with Gasteiger partial charge in [-0.15, -0.1) is 11.8 Å². The normalized spacial score (nSPS) is 11.4. The first kappa shape index (κ1) is 18.6. The lowest BCUT2D eigenvalue weighted by molar-refractivity contribution is -0.113. The second-order valence-electron chi connectivity index (χ2n) is 7.38. The first-order valence-electron chi connectivity index (χ1n) is 8.28. The molecule has 2 aromatic rings. The van der Waals surface area contributed by atoms with E-state index in [0.29, 0.717) is 5.75 Å². The molecule has 0 aliphatic heterocycles. The molecule has 0 fully saturated rings. The maximum atomic E-state index is 12.3. The molecule has 1 N–H and O–H groups in total. The summed E-state index contributed by atoms with van der Waals surface area (Å²) < 4.78 is 0. The second kappa shape index (κ2) is 7.43. The molecule has 0 aliphatic rings. The number of hydrogen-bond donors (Lipinski definition) is 1. The van der Waals surface area contributed by atoms with Gasteiger partial charge < -0.3 is 5.32 Å². The molecule has 2 nitrogen and oxygen atoms in total. The predicted molar refractivity (Wildman–Crippen MR) is 105 cm³/mol. The van der Waals surface area contributed by atoms with Crippen LogP contribution in [0.3, 0.4) is 0 Å². The molecule has 0 aliphatic carbocycles. The highest BCUT2D eigenvalue weighted by Crippen LogP contribution is 2.26. The number of amides is 1. The van der Waals surface area contributed by atoms with E-state index >= 15 is 0 Å². The van der Waals surface area contributed by atoms with Crippen LogP contribution < -0.4 is 5.32 Å². The lowest BCUT2D eigenvalue weighted by Gasteiger charge is -2.19. The fourth-order valence-corrected chi connectivity index (χ4v) is 3.45. The molecule has 0 bridgehead atoms. The van der Waals surface area contributed by atoms with Crippen molar-refractivity contribution in [2.45, 2.75) is 51.9 Å². The largest absolute Gasteiger partial charge is 0.325 e. The number of aryl methyl sites for hydroxylation is 3. The molecule has 24 heavy (non-hydrogen) atoms. The summed E-state index contributed by atoms with van der Waals surface area (Å²) in [5.74, 6) is 0.455. The van der Waals surface area contributed by atoms with E-state index in [2.05, 4.69) is 69.4 Å². The summed E-state index contributed by atoms with van der Waals surface area (Å²) in [7, 11) is 0. The molecule has 0 saturated carbocycles. The average Bonchev–Trinajstić information content (AvgIpc) is 2.48. The summed E-state index contributed by atoms with van der Waals surface area (Å²) in [4.78, 5) is 13.4. The third-order valence-corrected chi connectivity index (χ3v) is 5.04. The monoisotopic (exact) mass is 341 g/mol. The van der Waals surface area contributed by atoms with Gasteiger partial charge in [0.05, 0.1) is 5.75 Å². The minimum absolute atomic E-state index is 0.0370. The number of benzene rings is 2. The summed E-state index contributed by atoms with van der Waals surface area (Å²) in [6.07, 6.45) is 0. The maximum absolute atomic E-state index is 12.3. The van der Waals surface area contributed by atoms with Gasteiger partial charge in [-0.05, 0) is 55.0 Å². The van der Waals surface area contributed by atoms with Crippen molar-refractivity contribution >= 4 is 23.4 Å². The topological polar surface area (TPSA) is 29.1 Å². The molecule has 0 atom stereocenters. The van der Waals surface area contributed by atoms with Crippen molar-refractivity contribution in [2.75, 3.05) is 11.1 Å². The highest BCUT2D eigenvalue weighted by molar-refractivity contribution is 8.00. The van der Waals surface area contributed by atoms with E-state index in [-0.39, 0.29) is 11.3 Å². The summed E-state index contributed by atoms with van der Waals surface area (Å²) >= 11 is 1.57. The first-order chi connectivity index (χ1) is 11.2. The maximum Gasteiger partial charge on any atom is 0.234 e. The third-order valence-electron chi connectivity index (χ3n) is 4.03. The zero-order valence-electron chi connectivity index (χ0n) is 15.5. The van der Waals surface area contributed by atoms with Gasteiger partial charge in [0, 0.05) is 10.6 Å². The van der Waals surface area contributed by atoms with Crippen LogP contribution in [0.25, 0.3) is 0 Å². The molecule has 3 heteroatoms. The smallest absolute Gasteiger partial charge is 0.234 e. The Morgan fingerprint density at radius 2 is 1.54 bits per heavy atom. The van der Waals surface area contributed by atoms with E-state index in [0.717, 1.165) is 21.7 Å². The minimum Gasteiger partial charge on any atom is -0.325 e. The van der Waals surface area contributed by atoms with E-state index in [4.69, 9.17) is 0 Å². The van der Waals surface area contributed by atoms with Crippen molar-refractivity contribution in [1.82, 2.24) is 0 Å². The van der Waals surface area contributed by atoms with Gasteiger partial charge in [-0.3, -0.25) is 4.79 Å². The van der Waals surface area contributed by atoms with E-state index < -0.39 is 0 Å². The summed E-state index contributed by atoms with van der Waals surface area (Å²) in [6.45, 7) is 12.8. The molecule has 2 aromatic carbocycles. The van der Waals surface area contributed by atoms with Crippen molar-refractivity contribution in [2.24, 2.45) is 0 Å². The lowest BCUT2D eigenvalue weighted by atomic mass is 9.87. The van der Waals surface area contributed by atoms with E-state index in [1.807, 2.05) is 13.8 Å². The number of hydrogen-bond acceptors (Lipinski definition) is 2. The quantitative estimate of drug-likeness (QED) is 0.729. The predicted octanol–water partition coefficient (Wildman–Crippen LogP) is 5.64. The molecule has 0 radical (unpaired) electrons. The number of nitrogens with one attached hydrogen (secondary N) is 1. The molecule has 128 valence electrons. The molecule has 2 rings (SSSR count). The molecule has 0 spiro atoms. The Morgan fingerprint density at radius 3 is 2.04 bits per heavy atom. The Balaban J connectivity index is 1.97. The third kappa shape index (κ3) is 4.88. The van der Waals surface area contributed by atoms with Crippen LogP contribution in [0.5, 0.6) is 0 Å². The second-order valence-corrected chi connectivity index (χ2v) is 8.43. The fraction of sp³-hybridized carbons (Fsp3) is 0.381. The van der Waals surface area contributed by atoms with Gasteiger partial charge in [-0.25, -0.2) is 0 Å². The summed E-state index contributed by atoms with van der Waals surface area (Å²) in [5, 5.41) is 3.05. The summed E-state index contributed by atoms with van der Waals surface area (Å²) in [6, 6.07) is 12.7. The van der Waals surface area contributed by atoms with E-state index in [1.165, 1.54) is 11.1 Å². The highest BCUT2D eigenvalue weighted by Gasteiger charge is 2.13. The van der Waals surface area contributed by atoms with Crippen LogP contribution >= 0.6 is 11.8 Å². The lowest BCUT2D eigenvalue weighted by Crippen LogP contribution is -2.16. The number of carbonyl (C=O) groups excluding carboxylic acids is 1. The minimum atomic E-state index is 0.0370. The van der Waals surface area contributed by atoms with Gasteiger partial charge >= 0.3 is 0 Å². The Morgan fingerprint density at radius 1 is 1.00 bits per heavy atom. The van der Waals surface area contributed by atoms with Crippen LogP contribution in [-0.4, -0.2) is 11.7 Å². The Labute approximate surface area is 150 Å². The van der Waals surface area contributed by atoms with Gasteiger partial charge in [-0.2, -0.15) is 0 Å². The van der Waals surface area contributed by atoms with Gasteiger partial charge in [0.25, 0.3) is 0 Å². The Hall–Kier alpha value is -1.74. The van der Waals surface area contributed by atoms with Crippen LogP contribution in [-0.2, 0) is 10.2 Å². The molecule has 0 saturated heterocycles. The van der Waals surface area contributed by atoms with Crippen molar-refractivity contribution in [3.63, 3.8) is 0 Å². The van der Waals surface area contributed by atoms with Crippen LogP contribution in [0.15, 0.2) is 41.3 Å². The molecule has 0 aromatic heterocycles. The van der Waals surface area contributed by atoms with Crippen LogP contribution in [0, 0.1) is 20.8 Å². The Bertz CT molecular complexity index is 703. The van der Waals surface area contributed by atoms with Gasteiger partial charge in [-0.1, -0.05) is 50.6 Å².